The Kier molecular flexibility index (Phi) is 3.76. The molecule has 0 aliphatic heterocycles. The number of benzene rings is 1. The maximum Gasteiger partial charge on any atom is 0.254 e. The number of carbonyl (C=O) groups excluding carboxylic acids is 1. The molecule has 0 saturated carbocycles. The number of rotatable bonds is 3. The van der Waals surface area contributed by atoms with Crippen molar-refractivity contribution in [2.24, 2.45) is 0 Å². The number of H-pyrrole nitrogens is 1. The number of halogens is 2. The van der Waals surface area contributed by atoms with Gasteiger partial charge in [-0.3, -0.25) is 4.79 Å². The van der Waals surface area contributed by atoms with Crippen molar-refractivity contribution in [1.82, 2.24) is 14.9 Å². The Balaban J connectivity index is 2.12. The van der Waals surface area contributed by atoms with Crippen LogP contribution in [0.3, 0.4) is 0 Å². The molecule has 4 nitrogen and oxygen atoms in total. The second kappa shape index (κ2) is 5.30. The van der Waals surface area contributed by atoms with Crippen LogP contribution in [-0.2, 0) is 6.54 Å². The first-order valence-electron chi connectivity index (χ1n) is 5.26. The van der Waals surface area contributed by atoms with E-state index in [1.54, 1.807) is 25.5 Å². The second-order valence-corrected chi connectivity index (χ2v) is 4.68. The van der Waals surface area contributed by atoms with Gasteiger partial charge in [0.2, 0.25) is 0 Å². The molecule has 94 valence electrons. The molecule has 1 amide bonds. The molecule has 6 heteroatoms. The highest BCUT2D eigenvalue weighted by molar-refractivity contribution is 9.10. The molecule has 0 aliphatic rings. The number of carbonyl (C=O) groups is 1. The van der Waals surface area contributed by atoms with Crippen LogP contribution in [0.15, 0.2) is 35.1 Å². The fourth-order valence-electron chi connectivity index (χ4n) is 1.53. The summed E-state index contributed by atoms with van der Waals surface area (Å²) >= 11 is 3.05. The van der Waals surface area contributed by atoms with Crippen molar-refractivity contribution in [2.45, 2.75) is 6.54 Å². The number of amides is 1. The van der Waals surface area contributed by atoms with Crippen LogP contribution < -0.4 is 0 Å². The van der Waals surface area contributed by atoms with E-state index in [1.807, 2.05) is 0 Å². The van der Waals surface area contributed by atoms with Crippen LogP contribution in [0.25, 0.3) is 0 Å². The topological polar surface area (TPSA) is 49.0 Å². The van der Waals surface area contributed by atoms with Crippen LogP contribution >= 0.6 is 15.9 Å². The maximum absolute atomic E-state index is 13.3. The van der Waals surface area contributed by atoms with E-state index >= 15 is 0 Å². The van der Waals surface area contributed by atoms with E-state index in [1.165, 1.54) is 17.0 Å². The van der Waals surface area contributed by atoms with Crippen molar-refractivity contribution in [1.29, 1.82) is 0 Å². The van der Waals surface area contributed by atoms with E-state index in [2.05, 4.69) is 25.9 Å². The molecule has 1 aromatic heterocycles. The highest BCUT2D eigenvalue weighted by Crippen LogP contribution is 2.17. The van der Waals surface area contributed by atoms with Crippen molar-refractivity contribution >= 4 is 21.8 Å². The van der Waals surface area contributed by atoms with Crippen molar-refractivity contribution in [2.75, 3.05) is 7.05 Å². The molecular weight excluding hydrogens is 301 g/mol. The van der Waals surface area contributed by atoms with Gasteiger partial charge in [0.15, 0.2) is 0 Å². The third-order valence-electron chi connectivity index (χ3n) is 2.46. The predicted octanol–water partition coefficient (Wildman–Crippen LogP) is 2.58. The molecule has 1 aromatic carbocycles. The van der Waals surface area contributed by atoms with E-state index in [4.69, 9.17) is 0 Å². The summed E-state index contributed by atoms with van der Waals surface area (Å²) in [4.78, 5) is 20.5. The first kappa shape index (κ1) is 12.8. The molecule has 2 aromatic rings. The van der Waals surface area contributed by atoms with Gasteiger partial charge in [0, 0.05) is 25.0 Å². The van der Waals surface area contributed by atoms with Gasteiger partial charge in [0.25, 0.3) is 5.91 Å². The van der Waals surface area contributed by atoms with Gasteiger partial charge in [0.1, 0.15) is 11.6 Å². The van der Waals surface area contributed by atoms with E-state index in [0.29, 0.717) is 22.4 Å². The van der Waals surface area contributed by atoms with Gasteiger partial charge in [-0.2, -0.15) is 0 Å². The van der Waals surface area contributed by atoms with Gasteiger partial charge in [-0.1, -0.05) is 0 Å². The van der Waals surface area contributed by atoms with E-state index in [0.717, 1.165) is 0 Å². The maximum atomic E-state index is 13.3. The lowest BCUT2D eigenvalue weighted by Crippen LogP contribution is -2.26. The predicted molar refractivity (Wildman–Crippen MR) is 68.5 cm³/mol. The quantitative estimate of drug-likeness (QED) is 0.947. The molecule has 0 saturated heterocycles. The summed E-state index contributed by atoms with van der Waals surface area (Å²) in [5.74, 6) is -0.0199. The van der Waals surface area contributed by atoms with Crippen molar-refractivity contribution in [3.8, 4) is 0 Å². The Hall–Kier alpha value is -1.69. The Morgan fingerprint density at radius 2 is 2.33 bits per heavy atom. The molecule has 0 bridgehead atoms. The van der Waals surface area contributed by atoms with E-state index in [-0.39, 0.29) is 5.91 Å². The standard InChI is InChI=1S/C12H11BrFN3O/c1-17(7-11-15-4-5-16-11)12(18)8-2-3-9(13)10(14)6-8/h2-6H,7H2,1H3,(H,15,16). The molecule has 0 fully saturated rings. The zero-order chi connectivity index (χ0) is 13.1. The van der Waals surface area contributed by atoms with Gasteiger partial charge >= 0.3 is 0 Å². The number of nitrogens with one attached hydrogen (secondary N) is 1. The number of aromatic nitrogens is 2. The minimum atomic E-state index is -0.452. The summed E-state index contributed by atoms with van der Waals surface area (Å²) in [6, 6.07) is 4.31. The summed E-state index contributed by atoms with van der Waals surface area (Å²) in [6.45, 7) is 0.351. The highest BCUT2D eigenvalue weighted by Gasteiger charge is 2.14. The molecule has 2 rings (SSSR count). The monoisotopic (exact) mass is 311 g/mol. The minimum Gasteiger partial charge on any atom is -0.347 e. The molecule has 0 aliphatic carbocycles. The number of hydrogen-bond acceptors (Lipinski definition) is 2. The van der Waals surface area contributed by atoms with Crippen molar-refractivity contribution in [3.05, 3.63) is 52.3 Å². The Labute approximate surface area is 112 Å². The van der Waals surface area contributed by atoms with Crippen LogP contribution in [0.5, 0.6) is 0 Å². The first-order chi connectivity index (χ1) is 8.58. The fraction of sp³-hybridized carbons (Fsp3) is 0.167. The van der Waals surface area contributed by atoms with Gasteiger partial charge in [-0.15, -0.1) is 0 Å². The number of nitrogens with zero attached hydrogens (tertiary/aromatic N) is 2. The molecule has 0 spiro atoms. The van der Waals surface area contributed by atoms with Gasteiger partial charge in [-0.05, 0) is 34.1 Å². The molecule has 0 unspecified atom stereocenters. The fourth-order valence-corrected chi connectivity index (χ4v) is 1.78. The lowest BCUT2D eigenvalue weighted by molar-refractivity contribution is 0.0781. The van der Waals surface area contributed by atoms with E-state index < -0.39 is 5.82 Å². The molecule has 18 heavy (non-hydrogen) atoms. The van der Waals surface area contributed by atoms with Gasteiger partial charge < -0.3 is 9.88 Å². The molecule has 0 radical (unpaired) electrons. The number of hydrogen-bond donors (Lipinski definition) is 1. The van der Waals surface area contributed by atoms with Gasteiger partial charge in [0.05, 0.1) is 11.0 Å². The second-order valence-electron chi connectivity index (χ2n) is 3.83. The Morgan fingerprint density at radius 1 is 1.56 bits per heavy atom. The SMILES string of the molecule is CN(Cc1ncc[nH]1)C(=O)c1ccc(Br)c(F)c1. The molecule has 0 atom stereocenters. The average Bonchev–Trinajstić information content (AvgIpc) is 2.84. The highest BCUT2D eigenvalue weighted by atomic mass is 79.9. The average molecular weight is 312 g/mol. The van der Waals surface area contributed by atoms with Crippen LogP contribution in [-0.4, -0.2) is 27.8 Å². The molecule has 1 heterocycles. The Bertz CT molecular complexity index is 556. The van der Waals surface area contributed by atoms with Crippen molar-refractivity contribution < 1.29 is 9.18 Å². The lowest BCUT2D eigenvalue weighted by Gasteiger charge is -2.15. The summed E-state index contributed by atoms with van der Waals surface area (Å²) < 4.78 is 13.7. The summed E-state index contributed by atoms with van der Waals surface area (Å²) in [5, 5.41) is 0. The zero-order valence-corrected chi connectivity index (χ0v) is 11.2. The lowest BCUT2D eigenvalue weighted by atomic mass is 10.2. The zero-order valence-electron chi connectivity index (χ0n) is 9.65. The Morgan fingerprint density at radius 3 is 2.94 bits per heavy atom. The van der Waals surface area contributed by atoms with Crippen LogP contribution in [0.2, 0.25) is 0 Å². The van der Waals surface area contributed by atoms with E-state index in [9.17, 15) is 9.18 Å². The summed E-state index contributed by atoms with van der Waals surface area (Å²) in [5.41, 5.74) is 0.310. The summed E-state index contributed by atoms with van der Waals surface area (Å²) in [6.07, 6.45) is 3.31. The molecular formula is C12H11BrFN3O. The normalized spacial score (nSPS) is 10.4. The first-order valence-corrected chi connectivity index (χ1v) is 6.06. The largest absolute Gasteiger partial charge is 0.347 e. The van der Waals surface area contributed by atoms with Crippen LogP contribution in [0.1, 0.15) is 16.2 Å². The van der Waals surface area contributed by atoms with Crippen LogP contribution in [0.4, 0.5) is 4.39 Å². The smallest absolute Gasteiger partial charge is 0.254 e. The minimum absolute atomic E-state index is 0.252. The number of imidazole rings is 1. The third-order valence-corrected chi connectivity index (χ3v) is 3.10. The molecule has 1 N–H and O–H groups in total. The number of aromatic amines is 1. The van der Waals surface area contributed by atoms with Crippen molar-refractivity contribution in [3.63, 3.8) is 0 Å². The third kappa shape index (κ3) is 2.76. The summed E-state index contributed by atoms with van der Waals surface area (Å²) in [7, 11) is 1.64. The van der Waals surface area contributed by atoms with Gasteiger partial charge in [-0.25, -0.2) is 9.37 Å². The van der Waals surface area contributed by atoms with Crippen LogP contribution in [0, 0.1) is 5.82 Å².